The van der Waals surface area contributed by atoms with Crippen LogP contribution in [0.15, 0.2) is 65.6 Å². The Morgan fingerprint density at radius 1 is 0.967 bits per heavy atom. The number of fused-ring (bicyclic) bond motifs is 1. The lowest BCUT2D eigenvalue weighted by Gasteiger charge is -2.13. The third kappa shape index (κ3) is 4.01. The van der Waals surface area contributed by atoms with Crippen molar-refractivity contribution in [2.24, 2.45) is 0 Å². The van der Waals surface area contributed by atoms with Gasteiger partial charge in [-0.2, -0.15) is 0 Å². The lowest BCUT2D eigenvalue weighted by atomic mass is 10.0. The van der Waals surface area contributed by atoms with Gasteiger partial charge in [-0.1, -0.05) is 54.1 Å². The van der Waals surface area contributed by atoms with Gasteiger partial charge in [0.2, 0.25) is 0 Å². The third-order valence-corrected chi connectivity index (χ3v) is 5.93. The van der Waals surface area contributed by atoms with E-state index in [-0.39, 0.29) is 24.3 Å². The van der Waals surface area contributed by atoms with E-state index in [4.69, 9.17) is 21.1 Å². The average Bonchev–Trinajstić information content (AvgIpc) is 3.02. The highest BCUT2D eigenvalue weighted by Crippen LogP contribution is 2.35. The molecule has 0 saturated carbocycles. The Morgan fingerprint density at radius 2 is 1.70 bits per heavy atom. The van der Waals surface area contributed by atoms with Crippen molar-refractivity contribution >= 4 is 51.4 Å². The first-order chi connectivity index (χ1) is 14.6. The Bertz CT molecular complexity index is 1160. The predicted octanol–water partition coefficient (Wildman–Crippen LogP) is 5.62. The largest absolute Gasteiger partial charge is 0.496 e. The van der Waals surface area contributed by atoms with Crippen molar-refractivity contribution in [3.8, 4) is 11.5 Å². The Balaban J connectivity index is 1.52. The molecular weight excluding hydrogens is 422 g/mol. The molecule has 152 valence electrons. The van der Waals surface area contributed by atoms with Gasteiger partial charge >= 0.3 is 0 Å². The smallest absolute Gasteiger partial charge is 0.293 e. The van der Waals surface area contributed by atoms with Crippen LogP contribution >= 0.6 is 23.4 Å². The summed E-state index contributed by atoms with van der Waals surface area (Å²) in [6, 6.07) is 18.6. The number of rotatable bonds is 6. The number of thioether (sulfide) groups is 1. The number of para-hydroxylation sites is 1. The van der Waals surface area contributed by atoms with E-state index >= 15 is 0 Å². The van der Waals surface area contributed by atoms with Crippen LogP contribution in [0, 0.1) is 0 Å². The SMILES string of the molecule is COc1ccc(/C=C2\SC(=O)N(CCOc3ccccc3Cl)C2=O)c2ccccc12. The molecule has 1 aliphatic rings. The number of carbonyl (C=O) groups excluding carboxylic acids is 2. The molecule has 0 spiro atoms. The van der Waals surface area contributed by atoms with E-state index in [2.05, 4.69) is 0 Å². The lowest BCUT2D eigenvalue weighted by molar-refractivity contribution is -0.123. The standard InChI is InChI=1S/C23H18ClNO4S/c1-28-19-11-10-15(16-6-2-3-7-17(16)19)14-21-22(26)25(23(27)30-21)12-13-29-20-9-5-4-8-18(20)24/h2-11,14H,12-13H2,1H3/b21-14-. The summed E-state index contributed by atoms with van der Waals surface area (Å²) in [5, 5.41) is 2.07. The molecule has 1 aliphatic heterocycles. The summed E-state index contributed by atoms with van der Waals surface area (Å²) in [4.78, 5) is 26.8. The Hall–Kier alpha value is -2.96. The van der Waals surface area contributed by atoms with Gasteiger partial charge in [0.05, 0.1) is 23.6 Å². The van der Waals surface area contributed by atoms with Gasteiger partial charge < -0.3 is 9.47 Å². The van der Waals surface area contributed by atoms with Gasteiger partial charge in [0.1, 0.15) is 18.1 Å². The molecule has 4 rings (SSSR count). The molecule has 5 nitrogen and oxygen atoms in total. The average molecular weight is 440 g/mol. The first-order valence-electron chi connectivity index (χ1n) is 9.27. The summed E-state index contributed by atoms with van der Waals surface area (Å²) in [6.45, 7) is 0.317. The fourth-order valence-electron chi connectivity index (χ4n) is 3.24. The zero-order valence-electron chi connectivity index (χ0n) is 16.1. The van der Waals surface area contributed by atoms with E-state index in [1.54, 1.807) is 31.4 Å². The Labute approximate surface area is 183 Å². The maximum Gasteiger partial charge on any atom is 0.293 e. The van der Waals surface area contributed by atoms with Gasteiger partial charge in [0, 0.05) is 5.39 Å². The first-order valence-corrected chi connectivity index (χ1v) is 10.5. The van der Waals surface area contributed by atoms with Crippen LogP contribution in [-0.2, 0) is 4.79 Å². The number of benzene rings is 3. The molecule has 7 heteroatoms. The molecule has 0 bridgehead atoms. The molecule has 0 aromatic heterocycles. The van der Waals surface area contributed by atoms with Gasteiger partial charge in [-0.25, -0.2) is 0 Å². The van der Waals surface area contributed by atoms with Crippen LogP contribution in [0.1, 0.15) is 5.56 Å². The minimum Gasteiger partial charge on any atom is -0.496 e. The van der Waals surface area contributed by atoms with Gasteiger partial charge in [-0.05, 0) is 47.0 Å². The number of amides is 2. The maximum absolute atomic E-state index is 12.8. The van der Waals surface area contributed by atoms with E-state index in [1.807, 2.05) is 42.5 Å². The van der Waals surface area contributed by atoms with Crippen LogP contribution < -0.4 is 9.47 Å². The van der Waals surface area contributed by atoms with Crippen molar-refractivity contribution < 1.29 is 19.1 Å². The van der Waals surface area contributed by atoms with Crippen molar-refractivity contribution in [2.75, 3.05) is 20.3 Å². The summed E-state index contributed by atoms with van der Waals surface area (Å²) in [6.07, 6.45) is 1.75. The van der Waals surface area contributed by atoms with Crippen LogP contribution in [0.5, 0.6) is 11.5 Å². The molecule has 0 aliphatic carbocycles. The summed E-state index contributed by atoms with van der Waals surface area (Å²) >= 11 is 7.00. The number of halogens is 1. The zero-order valence-corrected chi connectivity index (χ0v) is 17.7. The van der Waals surface area contributed by atoms with Crippen molar-refractivity contribution in [1.82, 2.24) is 4.90 Å². The number of carbonyl (C=O) groups is 2. The minimum atomic E-state index is -0.326. The van der Waals surface area contributed by atoms with Gasteiger partial charge in [-0.3, -0.25) is 14.5 Å². The summed E-state index contributed by atoms with van der Waals surface area (Å²) in [7, 11) is 1.62. The normalized spacial score (nSPS) is 15.3. The summed E-state index contributed by atoms with van der Waals surface area (Å²) in [5.41, 5.74) is 0.851. The van der Waals surface area contributed by atoms with Crippen molar-refractivity contribution in [3.05, 3.63) is 76.2 Å². The number of ether oxygens (including phenoxy) is 2. The van der Waals surface area contributed by atoms with Crippen molar-refractivity contribution in [3.63, 3.8) is 0 Å². The number of hydrogen-bond donors (Lipinski definition) is 0. The fraction of sp³-hybridized carbons (Fsp3) is 0.130. The van der Waals surface area contributed by atoms with Gasteiger partial charge in [0.15, 0.2) is 0 Å². The Kier molecular flexibility index (Phi) is 5.97. The van der Waals surface area contributed by atoms with Gasteiger partial charge in [0.25, 0.3) is 11.1 Å². The van der Waals surface area contributed by atoms with E-state index in [1.165, 1.54) is 4.90 Å². The molecule has 0 radical (unpaired) electrons. The maximum atomic E-state index is 12.8. The highest BCUT2D eigenvalue weighted by molar-refractivity contribution is 8.18. The summed E-state index contributed by atoms with van der Waals surface area (Å²) < 4.78 is 11.0. The number of hydrogen-bond acceptors (Lipinski definition) is 5. The second-order valence-corrected chi connectivity index (χ2v) is 7.92. The van der Waals surface area contributed by atoms with Crippen molar-refractivity contribution in [2.45, 2.75) is 0 Å². The monoisotopic (exact) mass is 439 g/mol. The van der Waals surface area contributed by atoms with Crippen LogP contribution in [0.3, 0.4) is 0 Å². The molecule has 1 saturated heterocycles. The molecule has 0 unspecified atom stereocenters. The van der Waals surface area contributed by atoms with E-state index in [9.17, 15) is 9.59 Å². The molecule has 30 heavy (non-hydrogen) atoms. The molecule has 1 heterocycles. The van der Waals surface area contributed by atoms with Crippen LogP contribution in [-0.4, -0.2) is 36.3 Å². The highest BCUT2D eigenvalue weighted by atomic mass is 35.5. The van der Waals surface area contributed by atoms with Crippen LogP contribution in [0.25, 0.3) is 16.8 Å². The van der Waals surface area contributed by atoms with E-state index in [0.717, 1.165) is 33.8 Å². The van der Waals surface area contributed by atoms with Crippen LogP contribution in [0.4, 0.5) is 4.79 Å². The molecule has 3 aromatic rings. The van der Waals surface area contributed by atoms with Gasteiger partial charge in [-0.15, -0.1) is 0 Å². The van der Waals surface area contributed by atoms with E-state index in [0.29, 0.717) is 15.7 Å². The molecule has 0 N–H and O–H groups in total. The molecule has 3 aromatic carbocycles. The second kappa shape index (κ2) is 8.81. The number of methoxy groups -OCH3 is 1. The third-order valence-electron chi connectivity index (χ3n) is 4.71. The molecule has 2 amide bonds. The molecule has 0 atom stereocenters. The van der Waals surface area contributed by atoms with Crippen molar-refractivity contribution in [1.29, 1.82) is 0 Å². The fourth-order valence-corrected chi connectivity index (χ4v) is 4.29. The van der Waals surface area contributed by atoms with E-state index < -0.39 is 0 Å². The highest BCUT2D eigenvalue weighted by Gasteiger charge is 2.35. The number of nitrogens with zero attached hydrogens (tertiary/aromatic N) is 1. The lowest BCUT2D eigenvalue weighted by Crippen LogP contribution is -2.32. The second-order valence-electron chi connectivity index (χ2n) is 6.51. The molecule has 1 fully saturated rings. The number of imide groups is 1. The minimum absolute atomic E-state index is 0.149. The van der Waals surface area contributed by atoms with Crippen LogP contribution in [0.2, 0.25) is 5.02 Å². The molecular formula is C23H18ClNO4S. The Morgan fingerprint density at radius 3 is 2.47 bits per heavy atom. The quantitative estimate of drug-likeness (QED) is 0.467. The summed E-state index contributed by atoms with van der Waals surface area (Å²) in [5.74, 6) is 0.951. The topological polar surface area (TPSA) is 55.8 Å². The predicted molar refractivity (Wildman–Crippen MR) is 120 cm³/mol. The zero-order chi connectivity index (χ0) is 21.1. The first kappa shape index (κ1) is 20.3.